The van der Waals surface area contributed by atoms with Crippen LogP contribution in [0.1, 0.15) is 71.6 Å². The summed E-state index contributed by atoms with van der Waals surface area (Å²) in [5.41, 5.74) is 7.42. The van der Waals surface area contributed by atoms with Crippen molar-refractivity contribution in [3.63, 3.8) is 0 Å². The molecule has 0 spiro atoms. The molecule has 182 valence electrons. The Balaban J connectivity index is 1.27. The maximum atomic E-state index is 10.7. The van der Waals surface area contributed by atoms with Gasteiger partial charge in [-0.25, -0.2) is 0 Å². The number of rotatable bonds is 4. The van der Waals surface area contributed by atoms with E-state index in [1.54, 1.807) is 0 Å². The van der Waals surface area contributed by atoms with Crippen molar-refractivity contribution in [1.29, 1.82) is 0 Å². The van der Waals surface area contributed by atoms with Gasteiger partial charge in [0.1, 0.15) is 24.4 Å². The van der Waals surface area contributed by atoms with Gasteiger partial charge in [0.15, 0.2) is 12.6 Å². The number of hydrogen-bond donors (Lipinski definition) is 2. The number of hydrogen-bond acceptors (Lipinski definition) is 6. The number of aliphatic hydroxyl groups is 2. The molecule has 2 fully saturated rings. The topological polar surface area (TPSA) is 77.4 Å². The standard InChI is InChI=1S/C28H34O6/c29-15-23(30)25-26-24(32-28(33-25)22-14-6-10-18-8-2-4-12-20(18)22)16-31-27(34-26)21-13-5-9-17-7-1-3-11-19(17)21/h5-6,9-10,13-14,23-30H,1-4,7-8,11-12,15-16H2/t23-,24+,25-,26-,27?,28?/m1/s1. The van der Waals surface area contributed by atoms with Crippen molar-refractivity contribution in [1.82, 2.24) is 0 Å². The van der Waals surface area contributed by atoms with Crippen molar-refractivity contribution >= 4 is 0 Å². The smallest absolute Gasteiger partial charge is 0.185 e. The SMILES string of the molecule is OC[C@@H](O)[C@H]1OC(c2cccc3c2CCCC3)O[C@H]2COC(c3cccc4c3CCCC4)O[C@@H]12. The lowest BCUT2D eigenvalue weighted by Gasteiger charge is -2.47. The van der Waals surface area contributed by atoms with E-state index >= 15 is 0 Å². The molecule has 0 aromatic heterocycles. The molecule has 0 radical (unpaired) electrons. The molecule has 2 aromatic carbocycles. The van der Waals surface area contributed by atoms with Gasteiger partial charge < -0.3 is 29.2 Å². The lowest BCUT2D eigenvalue weighted by molar-refractivity contribution is -0.373. The van der Waals surface area contributed by atoms with Gasteiger partial charge in [-0.3, -0.25) is 0 Å². The average molecular weight is 467 g/mol. The lowest BCUT2D eigenvalue weighted by Crippen LogP contribution is -2.58. The third-order valence-corrected chi connectivity index (χ3v) is 7.90. The van der Waals surface area contributed by atoms with Crippen LogP contribution in [-0.4, -0.2) is 47.8 Å². The second-order valence-corrected chi connectivity index (χ2v) is 10.0. The van der Waals surface area contributed by atoms with Gasteiger partial charge in [0.05, 0.1) is 13.2 Å². The summed E-state index contributed by atoms with van der Waals surface area (Å²) in [6.45, 7) is -0.0499. The van der Waals surface area contributed by atoms with Gasteiger partial charge in [-0.05, 0) is 73.6 Å². The Labute approximate surface area is 200 Å². The van der Waals surface area contributed by atoms with Gasteiger partial charge in [0.2, 0.25) is 0 Å². The van der Waals surface area contributed by atoms with E-state index in [-0.39, 0.29) is 6.10 Å². The molecular weight excluding hydrogens is 432 g/mol. The highest BCUT2D eigenvalue weighted by atomic mass is 16.8. The van der Waals surface area contributed by atoms with Gasteiger partial charge in [-0.1, -0.05) is 36.4 Å². The van der Waals surface area contributed by atoms with Crippen LogP contribution >= 0.6 is 0 Å². The molecule has 4 aliphatic rings. The molecule has 2 aliphatic carbocycles. The largest absolute Gasteiger partial charge is 0.394 e. The van der Waals surface area contributed by atoms with Crippen molar-refractivity contribution in [2.75, 3.05) is 13.2 Å². The fourth-order valence-corrected chi connectivity index (χ4v) is 6.15. The predicted octanol–water partition coefficient (Wildman–Crippen LogP) is 3.69. The van der Waals surface area contributed by atoms with Gasteiger partial charge >= 0.3 is 0 Å². The molecule has 2 heterocycles. The predicted molar refractivity (Wildman–Crippen MR) is 125 cm³/mol. The van der Waals surface area contributed by atoms with E-state index in [1.807, 2.05) is 0 Å². The summed E-state index contributed by atoms with van der Waals surface area (Å²) in [6.07, 6.45) is 5.08. The highest BCUT2D eigenvalue weighted by Crippen LogP contribution is 2.42. The Morgan fingerprint density at radius 3 is 2.03 bits per heavy atom. The molecule has 2 unspecified atom stereocenters. The summed E-state index contributed by atoms with van der Waals surface area (Å²) in [5.74, 6) is 0. The fourth-order valence-electron chi connectivity index (χ4n) is 6.15. The number of benzene rings is 2. The van der Waals surface area contributed by atoms with Gasteiger partial charge in [-0.15, -0.1) is 0 Å². The Bertz CT molecular complexity index is 1020. The Morgan fingerprint density at radius 1 is 0.765 bits per heavy atom. The van der Waals surface area contributed by atoms with Crippen LogP contribution in [0.15, 0.2) is 36.4 Å². The van der Waals surface area contributed by atoms with Gasteiger partial charge in [0.25, 0.3) is 0 Å². The first-order chi connectivity index (χ1) is 16.7. The van der Waals surface area contributed by atoms with Crippen LogP contribution in [0.4, 0.5) is 0 Å². The van der Waals surface area contributed by atoms with E-state index in [0.717, 1.165) is 43.2 Å². The zero-order chi connectivity index (χ0) is 23.1. The monoisotopic (exact) mass is 466 g/mol. The maximum absolute atomic E-state index is 10.7. The van der Waals surface area contributed by atoms with Crippen LogP contribution in [0.2, 0.25) is 0 Å². The van der Waals surface area contributed by atoms with E-state index in [1.165, 1.54) is 41.5 Å². The summed E-state index contributed by atoms with van der Waals surface area (Å²) in [4.78, 5) is 0. The minimum atomic E-state index is -1.07. The molecule has 0 saturated carbocycles. The third kappa shape index (κ3) is 4.11. The van der Waals surface area contributed by atoms with E-state index in [9.17, 15) is 10.2 Å². The second-order valence-electron chi connectivity index (χ2n) is 10.0. The van der Waals surface area contributed by atoms with Crippen molar-refractivity contribution in [2.45, 2.75) is 88.4 Å². The average Bonchev–Trinajstić information content (AvgIpc) is 2.91. The van der Waals surface area contributed by atoms with Crippen molar-refractivity contribution in [2.24, 2.45) is 0 Å². The number of aryl methyl sites for hydroxylation is 2. The molecule has 6 heteroatoms. The van der Waals surface area contributed by atoms with Crippen molar-refractivity contribution < 1.29 is 29.2 Å². The number of ether oxygens (including phenoxy) is 4. The number of aliphatic hydroxyl groups excluding tert-OH is 2. The van der Waals surface area contributed by atoms with Crippen LogP contribution < -0.4 is 0 Å². The molecule has 2 saturated heterocycles. The molecule has 34 heavy (non-hydrogen) atoms. The minimum absolute atomic E-state index is 0.350. The Kier molecular flexibility index (Phi) is 6.45. The van der Waals surface area contributed by atoms with Crippen LogP contribution in [-0.2, 0) is 44.6 Å². The quantitative estimate of drug-likeness (QED) is 0.716. The molecule has 0 bridgehead atoms. The highest BCUT2D eigenvalue weighted by Gasteiger charge is 2.48. The van der Waals surface area contributed by atoms with Crippen LogP contribution in [0.3, 0.4) is 0 Å². The van der Waals surface area contributed by atoms with E-state index in [2.05, 4.69) is 36.4 Å². The van der Waals surface area contributed by atoms with Crippen molar-refractivity contribution in [3.8, 4) is 0 Å². The van der Waals surface area contributed by atoms with Crippen LogP contribution in [0.5, 0.6) is 0 Å². The Hall–Kier alpha value is -1.80. The second kappa shape index (κ2) is 9.69. The van der Waals surface area contributed by atoms with Crippen LogP contribution in [0, 0.1) is 0 Å². The Morgan fingerprint density at radius 2 is 1.38 bits per heavy atom. The minimum Gasteiger partial charge on any atom is -0.394 e. The molecule has 2 aliphatic heterocycles. The molecule has 2 aromatic rings. The van der Waals surface area contributed by atoms with Crippen LogP contribution in [0.25, 0.3) is 0 Å². The zero-order valence-electron chi connectivity index (χ0n) is 19.5. The maximum Gasteiger partial charge on any atom is 0.185 e. The zero-order valence-corrected chi connectivity index (χ0v) is 19.5. The molecule has 2 N–H and O–H groups in total. The summed E-state index contributed by atoms with van der Waals surface area (Å²) in [6, 6.07) is 12.6. The molecule has 0 amide bonds. The lowest BCUT2D eigenvalue weighted by atomic mass is 9.87. The van der Waals surface area contributed by atoms with E-state index in [0.29, 0.717) is 6.61 Å². The molecular formula is C28H34O6. The first kappa shape index (κ1) is 22.7. The first-order valence-electron chi connectivity index (χ1n) is 12.8. The third-order valence-electron chi connectivity index (χ3n) is 7.90. The van der Waals surface area contributed by atoms with E-state index in [4.69, 9.17) is 18.9 Å². The normalized spacial score (nSPS) is 31.8. The summed E-state index contributed by atoms with van der Waals surface area (Å²) >= 11 is 0. The van der Waals surface area contributed by atoms with Gasteiger partial charge in [0, 0.05) is 11.1 Å². The molecule has 6 rings (SSSR count). The fraction of sp³-hybridized carbons (Fsp3) is 0.571. The summed E-state index contributed by atoms with van der Waals surface area (Å²) in [7, 11) is 0. The summed E-state index contributed by atoms with van der Waals surface area (Å²) < 4.78 is 25.4. The van der Waals surface area contributed by atoms with E-state index < -0.39 is 37.5 Å². The van der Waals surface area contributed by atoms with Gasteiger partial charge in [-0.2, -0.15) is 0 Å². The molecule has 6 atom stereocenters. The molecule has 6 nitrogen and oxygen atoms in total. The highest BCUT2D eigenvalue weighted by molar-refractivity contribution is 5.39. The summed E-state index contributed by atoms with van der Waals surface area (Å²) in [5, 5.41) is 20.5. The first-order valence-corrected chi connectivity index (χ1v) is 12.8. The van der Waals surface area contributed by atoms with Crippen molar-refractivity contribution in [3.05, 3.63) is 69.8 Å². The number of fused-ring (bicyclic) bond motifs is 3.